The highest BCUT2D eigenvalue weighted by atomic mass is 32.2. The summed E-state index contributed by atoms with van der Waals surface area (Å²) >= 11 is 4.17. The standard InChI is InChI=1S/C18H19N5S2/c1-2-18(24-7-4-8-25-18)14-5-3-6-15-16(14)17-20-11-21-23(17)10-13-9-19-12-22(13)15/h3,5-6,9,11-12H,2,4,7-8,10H2,1H3. The molecule has 25 heavy (non-hydrogen) atoms. The highest BCUT2D eigenvalue weighted by molar-refractivity contribution is 8.18. The zero-order valence-corrected chi connectivity index (χ0v) is 15.7. The summed E-state index contributed by atoms with van der Waals surface area (Å²) in [6, 6.07) is 6.64. The molecule has 0 saturated carbocycles. The van der Waals surface area contributed by atoms with E-state index in [1.165, 1.54) is 29.1 Å². The first kappa shape index (κ1) is 15.5. The third kappa shape index (κ3) is 2.29. The van der Waals surface area contributed by atoms with E-state index in [2.05, 4.69) is 68.3 Å². The Bertz CT molecular complexity index is 923. The first-order chi connectivity index (χ1) is 12.3. The van der Waals surface area contributed by atoms with E-state index in [1.54, 1.807) is 6.33 Å². The van der Waals surface area contributed by atoms with Gasteiger partial charge < -0.3 is 4.57 Å². The van der Waals surface area contributed by atoms with E-state index < -0.39 is 0 Å². The van der Waals surface area contributed by atoms with Gasteiger partial charge in [0.15, 0.2) is 5.82 Å². The van der Waals surface area contributed by atoms with E-state index in [9.17, 15) is 0 Å². The van der Waals surface area contributed by atoms with Crippen LogP contribution in [0.5, 0.6) is 0 Å². The molecule has 0 radical (unpaired) electrons. The molecule has 7 heteroatoms. The van der Waals surface area contributed by atoms with Crippen LogP contribution in [0.3, 0.4) is 0 Å². The Kier molecular flexibility index (Phi) is 3.67. The number of benzene rings is 1. The number of nitrogens with zero attached hydrogens (tertiary/aromatic N) is 5. The van der Waals surface area contributed by atoms with Crippen molar-refractivity contribution >= 4 is 23.5 Å². The van der Waals surface area contributed by atoms with Crippen LogP contribution in [-0.2, 0) is 10.6 Å². The number of aromatic nitrogens is 5. The Morgan fingerprint density at radius 2 is 2.12 bits per heavy atom. The van der Waals surface area contributed by atoms with Gasteiger partial charge >= 0.3 is 0 Å². The summed E-state index contributed by atoms with van der Waals surface area (Å²) < 4.78 is 4.28. The summed E-state index contributed by atoms with van der Waals surface area (Å²) in [7, 11) is 0. The highest BCUT2D eigenvalue weighted by Crippen LogP contribution is 2.55. The first-order valence-corrected chi connectivity index (χ1v) is 10.6. The average molecular weight is 370 g/mol. The largest absolute Gasteiger partial charge is 0.301 e. The summed E-state index contributed by atoms with van der Waals surface area (Å²) in [6.07, 6.45) is 7.89. The van der Waals surface area contributed by atoms with E-state index in [0.717, 1.165) is 23.6 Å². The van der Waals surface area contributed by atoms with Crippen molar-refractivity contribution in [2.24, 2.45) is 0 Å². The Labute approximate surface area is 155 Å². The molecule has 0 unspecified atom stereocenters. The molecule has 1 aromatic carbocycles. The molecule has 5 rings (SSSR count). The summed E-state index contributed by atoms with van der Waals surface area (Å²) in [5.74, 6) is 3.40. The lowest BCUT2D eigenvalue weighted by atomic mass is 9.99. The smallest absolute Gasteiger partial charge is 0.160 e. The molecule has 5 nitrogen and oxygen atoms in total. The second-order valence-corrected chi connectivity index (χ2v) is 9.40. The Balaban J connectivity index is 1.82. The number of thioether (sulfide) groups is 2. The quantitative estimate of drug-likeness (QED) is 0.536. The lowest BCUT2D eigenvalue weighted by Crippen LogP contribution is -2.23. The third-order valence-corrected chi connectivity index (χ3v) is 8.65. The second-order valence-electron chi connectivity index (χ2n) is 6.35. The summed E-state index contributed by atoms with van der Waals surface area (Å²) in [5, 5.41) is 4.48. The van der Waals surface area contributed by atoms with Crippen molar-refractivity contribution in [2.45, 2.75) is 30.4 Å². The minimum absolute atomic E-state index is 0.0887. The fourth-order valence-electron chi connectivity index (χ4n) is 3.80. The van der Waals surface area contributed by atoms with Crippen LogP contribution < -0.4 is 0 Å². The van der Waals surface area contributed by atoms with Crippen LogP contribution in [0.15, 0.2) is 37.1 Å². The Morgan fingerprint density at radius 1 is 1.24 bits per heavy atom. The molecule has 1 saturated heterocycles. The van der Waals surface area contributed by atoms with Gasteiger partial charge in [0.1, 0.15) is 6.33 Å². The number of hydrogen-bond donors (Lipinski definition) is 0. The molecule has 128 valence electrons. The molecule has 0 aliphatic carbocycles. The van der Waals surface area contributed by atoms with Crippen LogP contribution in [0.4, 0.5) is 0 Å². The van der Waals surface area contributed by atoms with E-state index >= 15 is 0 Å². The van der Waals surface area contributed by atoms with Gasteiger partial charge in [-0.3, -0.25) is 0 Å². The van der Waals surface area contributed by atoms with Gasteiger partial charge in [0.05, 0.1) is 34.5 Å². The normalized spacial score (nSPS) is 18.1. The second kappa shape index (κ2) is 5.92. The molecule has 0 atom stereocenters. The summed E-state index contributed by atoms with van der Waals surface area (Å²) in [6.45, 7) is 3.00. The van der Waals surface area contributed by atoms with Crippen LogP contribution in [0.2, 0.25) is 0 Å². The molecule has 2 aliphatic heterocycles. The van der Waals surface area contributed by atoms with E-state index in [1.807, 2.05) is 17.2 Å². The van der Waals surface area contributed by atoms with E-state index in [-0.39, 0.29) is 4.08 Å². The zero-order chi connectivity index (χ0) is 16.9. The molecule has 4 heterocycles. The SMILES string of the molecule is CCC1(c2cccc3c2-c2ncnn2Cc2cncn2-3)SCCCS1. The van der Waals surface area contributed by atoms with Crippen LogP contribution in [0.1, 0.15) is 31.0 Å². The van der Waals surface area contributed by atoms with Crippen LogP contribution in [0.25, 0.3) is 17.1 Å². The van der Waals surface area contributed by atoms with Crippen molar-refractivity contribution in [3.63, 3.8) is 0 Å². The monoisotopic (exact) mass is 369 g/mol. The molecule has 0 spiro atoms. The maximum absolute atomic E-state index is 4.64. The lowest BCUT2D eigenvalue weighted by molar-refractivity contribution is 0.677. The van der Waals surface area contributed by atoms with Crippen molar-refractivity contribution in [3.05, 3.63) is 48.3 Å². The van der Waals surface area contributed by atoms with Gasteiger partial charge in [-0.25, -0.2) is 14.6 Å². The van der Waals surface area contributed by atoms with Gasteiger partial charge in [-0.2, -0.15) is 5.10 Å². The van der Waals surface area contributed by atoms with Gasteiger partial charge in [-0.15, -0.1) is 23.5 Å². The molecule has 0 N–H and O–H groups in total. The maximum atomic E-state index is 4.64. The predicted octanol–water partition coefficient (Wildman–Crippen LogP) is 3.93. The fraction of sp³-hybridized carbons (Fsp3) is 0.389. The van der Waals surface area contributed by atoms with Crippen molar-refractivity contribution in [3.8, 4) is 17.1 Å². The van der Waals surface area contributed by atoms with E-state index in [4.69, 9.17) is 0 Å². The molecule has 0 amide bonds. The Morgan fingerprint density at radius 3 is 2.96 bits per heavy atom. The molecular weight excluding hydrogens is 350 g/mol. The van der Waals surface area contributed by atoms with Crippen molar-refractivity contribution in [1.29, 1.82) is 0 Å². The summed E-state index contributed by atoms with van der Waals surface area (Å²) in [4.78, 5) is 9.01. The Hall–Kier alpha value is -1.73. The number of rotatable bonds is 2. The van der Waals surface area contributed by atoms with Crippen LogP contribution in [-0.4, -0.2) is 35.8 Å². The summed E-state index contributed by atoms with van der Waals surface area (Å²) in [5.41, 5.74) is 4.88. The highest BCUT2D eigenvalue weighted by Gasteiger charge is 2.38. The van der Waals surface area contributed by atoms with Gasteiger partial charge in [-0.1, -0.05) is 19.1 Å². The molecule has 2 aromatic heterocycles. The van der Waals surface area contributed by atoms with Gasteiger partial charge in [0, 0.05) is 5.56 Å². The van der Waals surface area contributed by atoms with Gasteiger partial charge in [0.25, 0.3) is 0 Å². The zero-order valence-electron chi connectivity index (χ0n) is 14.1. The molecule has 2 aliphatic rings. The molecule has 3 aromatic rings. The van der Waals surface area contributed by atoms with Crippen molar-refractivity contribution < 1.29 is 0 Å². The van der Waals surface area contributed by atoms with Gasteiger partial charge in [-0.05, 0) is 36.0 Å². The fourth-order valence-corrected chi connectivity index (χ4v) is 7.11. The average Bonchev–Trinajstić information content (AvgIpc) is 3.29. The molecule has 1 fully saturated rings. The topological polar surface area (TPSA) is 48.5 Å². The number of fused-ring (bicyclic) bond motifs is 5. The predicted molar refractivity (Wildman–Crippen MR) is 103 cm³/mol. The van der Waals surface area contributed by atoms with Crippen LogP contribution in [0, 0.1) is 0 Å². The maximum Gasteiger partial charge on any atom is 0.160 e. The van der Waals surface area contributed by atoms with Gasteiger partial charge in [0.2, 0.25) is 0 Å². The number of imidazole rings is 1. The minimum Gasteiger partial charge on any atom is -0.301 e. The lowest BCUT2D eigenvalue weighted by Gasteiger charge is -2.37. The first-order valence-electron chi connectivity index (χ1n) is 8.63. The minimum atomic E-state index is 0.0887. The van der Waals surface area contributed by atoms with Crippen molar-refractivity contribution in [2.75, 3.05) is 11.5 Å². The third-order valence-electron chi connectivity index (χ3n) is 5.00. The molecular formula is C18H19N5S2. The number of hydrogen-bond acceptors (Lipinski definition) is 5. The van der Waals surface area contributed by atoms with Crippen molar-refractivity contribution in [1.82, 2.24) is 24.3 Å². The molecule has 0 bridgehead atoms. The van der Waals surface area contributed by atoms with E-state index in [0.29, 0.717) is 6.54 Å². The van der Waals surface area contributed by atoms with Crippen LogP contribution >= 0.6 is 23.5 Å².